The van der Waals surface area contributed by atoms with Crippen LogP contribution in [0.25, 0.3) is 0 Å². The van der Waals surface area contributed by atoms with Gasteiger partial charge in [0.1, 0.15) is 11.5 Å². The minimum absolute atomic E-state index is 0.131. The smallest absolute Gasteiger partial charge is 0.267 e. The third-order valence-corrected chi connectivity index (χ3v) is 4.25. The number of hydrazone groups is 1. The molecule has 5 nitrogen and oxygen atoms in total. The summed E-state index contributed by atoms with van der Waals surface area (Å²) in [5, 5.41) is 8.38. The van der Waals surface area contributed by atoms with Crippen LogP contribution in [-0.2, 0) is 16.1 Å². The molecule has 1 aliphatic rings. The van der Waals surface area contributed by atoms with Gasteiger partial charge in [-0.05, 0) is 48.7 Å². The topological polar surface area (TPSA) is 61.8 Å². The summed E-state index contributed by atoms with van der Waals surface area (Å²) >= 11 is 0. The Morgan fingerprint density at radius 2 is 1.88 bits per heavy atom. The molecule has 2 aromatic carbocycles. The normalized spacial score (nSPS) is 14.2. The van der Waals surface area contributed by atoms with E-state index in [9.17, 15) is 14.0 Å². The van der Waals surface area contributed by atoms with E-state index in [1.54, 1.807) is 12.1 Å². The monoisotopic (exact) mass is 353 g/mol. The van der Waals surface area contributed by atoms with E-state index >= 15 is 0 Å². The molecule has 0 saturated heterocycles. The molecule has 0 aromatic heterocycles. The van der Waals surface area contributed by atoms with E-state index in [1.165, 1.54) is 17.1 Å². The highest BCUT2D eigenvalue weighted by atomic mass is 19.1. The largest absolute Gasteiger partial charge is 0.347 e. The number of halogens is 1. The van der Waals surface area contributed by atoms with Gasteiger partial charge in [0.05, 0.1) is 5.69 Å². The summed E-state index contributed by atoms with van der Waals surface area (Å²) in [4.78, 5) is 24.7. The maximum atomic E-state index is 12.9. The highest BCUT2D eigenvalue weighted by Crippen LogP contribution is 2.25. The first-order valence-electron chi connectivity index (χ1n) is 8.44. The van der Waals surface area contributed by atoms with E-state index < -0.39 is 0 Å². The van der Waals surface area contributed by atoms with E-state index in [-0.39, 0.29) is 30.6 Å². The molecule has 0 bridgehead atoms. The third kappa shape index (κ3) is 3.96. The SMILES string of the molecule is Cc1ccc(C)c(N2N=C(C(=O)NCc3ccc(F)cc3)CCC2=O)c1. The Bertz CT molecular complexity index is 875. The van der Waals surface area contributed by atoms with Gasteiger partial charge in [-0.2, -0.15) is 5.10 Å². The van der Waals surface area contributed by atoms with Crippen LogP contribution in [0.3, 0.4) is 0 Å². The summed E-state index contributed by atoms with van der Waals surface area (Å²) in [7, 11) is 0. The Morgan fingerprint density at radius 1 is 1.15 bits per heavy atom. The number of benzene rings is 2. The zero-order valence-electron chi connectivity index (χ0n) is 14.8. The van der Waals surface area contributed by atoms with E-state index in [0.717, 1.165) is 16.7 Å². The van der Waals surface area contributed by atoms with Crippen LogP contribution in [0.4, 0.5) is 10.1 Å². The molecule has 1 heterocycles. The van der Waals surface area contributed by atoms with Crippen LogP contribution >= 0.6 is 0 Å². The van der Waals surface area contributed by atoms with Gasteiger partial charge >= 0.3 is 0 Å². The second-order valence-electron chi connectivity index (χ2n) is 6.35. The molecule has 1 aliphatic heterocycles. The Kier molecular flexibility index (Phi) is 5.11. The molecule has 134 valence electrons. The Labute approximate surface area is 151 Å². The van der Waals surface area contributed by atoms with Crippen molar-refractivity contribution in [1.82, 2.24) is 5.32 Å². The van der Waals surface area contributed by atoms with Gasteiger partial charge in [0.15, 0.2) is 0 Å². The Hall–Kier alpha value is -3.02. The van der Waals surface area contributed by atoms with Gasteiger partial charge in [-0.3, -0.25) is 9.59 Å². The lowest BCUT2D eigenvalue weighted by molar-refractivity contribution is -0.119. The second-order valence-corrected chi connectivity index (χ2v) is 6.35. The fraction of sp³-hybridized carbons (Fsp3) is 0.250. The van der Waals surface area contributed by atoms with Crippen molar-refractivity contribution >= 4 is 23.2 Å². The molecule has 2 aromatic rings. The zero-order chi connectivity index (χ0) is 18.7. The van der Waals surface area contributed by atoms with Gasteiger partial charge in [-0.25, -0.2) is 9.40 Å². The molecular formula is C20H20FN3O2. The van der Waals surface area contributed by atoms with Gasteiger partial charge in [-0.1, -0.05) is 24.3 Å². The number of amides is 2. The zero-order valence-corrected chi connectivity index (χ0v) is 14.8. The van der Waals surface area contributed by atoms with Crippen molar-refractivity contribution in [1.29, 1.82) is 0 Å². The molecule has 0 aliphatic carbocycles. The standard InChI is InChI=1S/C20H20FN3O2/c1-13-3-4-14(2)18(11-13)24-19(25)10-9-17(23-24)20(26)22-12-15-5-7-16(21)8-6-15/h3-8,11H,9-10,12H2,1-2H3,(H,22,26). The number of nitrogens with zero attached hydrogens (tertiary/aromatic N) is 2. The van der Waals surface area contributed by atoms with E-state index in [0.29, 0.717) is 17.8 Å². The number of hydrogen-bond acceptors (Lipinski definition) is 3. The number of nitrogens with one attached hydrogen (secondary N) is 1. The van der Waals surface area contributed by atoms with Crippen molar-refractivity contribution < 1.29 is 14.0 Å². The molecule has 0 saturated carbocycles. The van der Waals surface area contributed by atoms with Crippen LogP contribution in [0.2, 0.25) is 0 Å². The highest BCUT2D eigenvalue weighted by Gasteiger charge is 2.26. The van der Waals surface area contributed by atoms with Crippen molar-refractivity contribution in [3.8, 4) is 0 Å². The molecular weight excluding hydrogens is 333 g/mol. The molecule has 3 rings (SSSR count). The van der Waals surface area contributed by atoms with Gasteiger partial charge < -0.3 is 5.32 Å². The molecule has 0 unspecified atom stereocenters. The van der Waals surface area contributed by atoms with Crippen LogP contribution in [-0.4, -0.2) is 17.5 Å². The minimum atomic E-state index is -0.322. The number of carbonyl (C=O) groups is 2. The summed E-state index contributed by atoms with van der Waals surface area (Å²) in [5.74, 6) is -0.773. The first-order chi connectivity index (χ1) is 12.4. The molecule has 2 amide bonds. The Morgan fingerprint density at radius 3 is 2.62 bits per heavy atom. The van der Waals surface area contributed by atoms with Crippen LogP contribution in [0, 0.1) is 19.7 Å². The summed E-state index contributed by atoms with van der Waals surface area (Å²) in [6.45, 7) is 4.12. The molecule has 0 fully saturated rings. The van der Waals surface area contributed by atoms with Crippen LogP contribution in [0.15, 0.2) is 47.6 Å². The lowest BCUT2D eigenvalue weighted by atomic mass is 10.1. The van der Waals surface area contributed by atoms with Crippen molar-refractivity contribution in [3.05, 3.63) is 65.0 Å². The number of carbonyl (C=O) groups excluding carboxylic acids is 2. The minimum Gasteiger partial charge on any atom is -0.347 e. The van der Waals surface area contributed by atoms with E-state index in [4.69, 9.17) is 0 Å². The summed E-state index contributed by atoms with van der Waals surface area (Å²) < 4.78 is 12.9. The van der Waals surface area contributed by atoms with E-state index in [1.807, 2.05) is 32.0 Å². The quantitative estimate of drug-likeness (QED) is 0.917. The predicted octanol–water partition coefficient (Wildman–Crippen LogP) is 3.24. The van der Waals surface area contributed by atoms with Crippen LogP contribution < -0.4 is 10.3 Å². The van der Waals surface area contributed by atoms with Gasteiger partial charge in [-0.15, -0.1) is 0 Å². The average molecular weight is 353 g/mol. The van der Waals surface area contributed by atoms with Gasteiger partial charge in [0, 0.05) is 19.4 Å². The summed E-state index contributed by atoms with van der Waals surface area (Å²) in [6, 6.07) is 11.7. The fourth-order valence-corrected chi connectivity index (χ4v) is 2.74. The van der Waals surface area contributed by atoms with Crippen LogP contribution in [0.5, 0.6) is 0 Å². The lowest BCUT2D eigenvalue weighted by Gasteiger charge is -2.24. The number of hydrogen-bond donors (Lipinski definition) is 1. The average Bonchev–Trinajstić information content (AvgIpc) is 2.63. The van der Waals surface area contributed by atoms with Gasteiger partial charge in [0.25, 0.3) is 5.91 Å². The molecule has 6 heteroatoms. The molecule has 1 N–H and O–H groups in total. The Balaban J connectivity index is 1.76. The van der Waals surface area contributed by atoms with Crippen molar-refractivity contribution in [2.75, 3.05) is 5.01 Å². The van der Waals surface area contributed by atoms with Crippen molar-refractivity contribution in [3.63, 3.8) is 0 Å². The maximum Gasteiger partial charge on any atom is 0.267 e. The second kappa shape index (κ2) is 7.47. The van der Waals surface area contributed by atoms with Gasteiger partial charge in [0.2, 0.25) is 5.91 Å². The third-order valence-electron chi connectivity index (χ3n) is 4.25. The first-order valence-corrected chi connectivity index (χ1v) is 8.44. The van der Waals surface area contributed by atoms with E-state index in [2.05, 4.69) is 10.4 Å². The molecule has 26 heavy (non-hydrogen) atoms. The van der Waals surface area contributed by atoms with Crippen molar-refractivity contribution in [2.45, 2.75) is 33.2 Å². The molecule has 0 spiro atoms. The van der Waals surface area contributed by atoms with Crippen molar-refractivity contribution in [2.24, 2.45) is 5.10 Å². The molecule has 0 radical (unpaired) electrons. The number of aryl methyl sites for hydroxylation is 2. The maximum absolute atomic E-state index is 12.9. The number of anilines is 1. The summed E-state index contributed by atoms with van der Waals surface area (Å²) in [5.41, 5.74) is 3.73. The first kappa shape index (κ1) is 17.8. The van der Waals surface area contributed by atoms with Crippen LogP contribution in [0.1, 0.15) is 29.5 Å². The predicted molar refractivity (Wildman–Crippen MR) is 98.3 cm³/mol. The summed E-state index contributed by atoms with van der Waals surface area (Å²) in [6.07, 6.45) is 0.533. The number of rotatable bonds is 4. The highest BCUT2D eigenvalue weighted by molar-refractivity contribution is 6.40. The lowest BCUT2D eigenvalue weighted by Crippen LogP contribution is -2.39. The molecule has 0 atom stereocenters. The fourth-order valence-electron chi connectivity index (χ4n) is 2.74.